The Bertz CT molecular complexity index is 6540. The number of esters is 2. The number of fused-ring (bicyclic) bond motifs is 4. The number of methoxy groups -OCH3 is 8. The van der Waals surface area contributed by atoms with E-state index >= 15 is 0 Å². The van der Waals surface area contributed by atoms with Crippen LogP contribution in [0.1, 0.15) is 154 Å². The summed E-state index contributed by atoms with van der Waals surface area (Å²) in [6.07, 6.45) is 3.68. The summed E-state index contributed by atoms with van der Waals surface area (Å²) in [6, 6.07) is 45.1. The van der Waals surface area contributed by atoms with Gasteiger partial charge in [-0.3, -0.25) is 28.8 Å². The van der Waals surface area contributed by atoms with E-state index in [4.69, 9.17) is 61.3 Å². The number of furan rings is 2. The Morgan fingerprint density at radius 1 is 0.420 bits per heavy atom. The maximum Gasteiger partial charge on any atom is 0.487 e. The van der Waals surface area contributed by atoms with Crippen LogP contribution < -0.4 is 52.7 Å². The minimum absolute atomic E-state index is 0.0231. The van der Waals surface area contributed by atoms with Gasteiger partial charge in [0.05, 0.1) is 114 Å². The number of nitrogens with zero attached hydrogens (tertiary/aromatic N) is 1. The molecular formula is C105H97F7N2O24. The van der Waals surface area contributed by atoms with Gasteiger partial charge >= 0.3 is 36.1 Å². The van der Waals surface area contributed by atoms with Crippen molar-refractivity contribution in [3.63, 3.8) is 0 Å². The van der Waals surface area contributed by atoms with Gasteiger partial charge in [0.15, 0.2) is 46.0 Å². The van der Waals surface area contributed by atoms with Gasteiger partial charge in [-0.1, -0.05) is 48.0 Å². The molecule has 0 fully saturated rings. The number of hydrogen-bond acceptors (Lipinski definition) is 22. The van der Waals surface area contributed by atoms with Crippen molar-refractivity contribution in [2.24, 2.45) is 0 Å². The van der Waals surface area contributed by atoms with Gasteiger partial charge in [0.25, 0.3) is 0 Å². The number of nitrogens with one attached hydrogen (secondary N) is 1. The number of rotatable bonds is 27. The molecule has 9 aromatic carbocycles. The van der Waals surface area contributed by atoms with Crippen molar-refractivity contribution in [3.8, 4) is 69.0 Å². The van der Waals surface area contributed by atoms with E-state index in [1.807, 2.05) is 52.1 Å². The highest BCUT2D eigenvalue weighted by Crippen LogP contribution is 2.51. The van der Waals surface area contributed by atoms with Crippen molar-refractivity contribution in [2.45, 2.75) is 86.1 Å². The molecule has 1 amide bonds. The van der Waals surface area contributed by atoms with Gasteiger partial charge in [0, 0.05) is 12.5 Å². The number of aromatic hydroxyl groups is 2. The van der Waals surface area contributed by atoms with E-state index in [2.05, 4.69) is 5.32 Å². The number of aliphatic carboxylic acids is 3. The standard InChI is InChI=1S/C28H23FO6.C27H23F4NO5.C21H19FO5.C12H11FO2.C11H12O5.C6H9NO/c1-16-21(20-10-9-19(29)14-23(20)22(16)15-26(30)31)11-17-12-24(33-2)27(25(13-17)34-3)35-28(32)18-7-5-4-6-8-18;1-15-20(9-16-10-23(35-2)26(34)24(11-16)36-3)19-7-6-17(28)12-22(19)21(15)13-25(33)32(27(29,30)31)14-18-5-4-8-37-18;1-11-15(6-12-7-18(26-2)21(25)19(8-12)27-3)14-5-4-13(22)9-17(14)16(11)10-20(23)24;1-7-4-8-2-3-9(13)5-11(8)10(7)6-12(14)15;1-7(13)16-11-9(14-2)4-8(6-12)5-10(11)15-3;1-7-5-6-3-2-4-8-6/h4-14H,15H2,1-3H3,(H,30,31);4-12,34H,13-14H2,1-3H3;4-9,25H,10H2,1-3H3,(H,23,24);2-3,5H,4,6H2,1H3,(H,14,15);4-6H,1-3H3;2-4,7H,5H2,1H3/b21-11-;20-9-;15-6-;;;. The fraction of sp³-hybridized carbons (Fsp3) is 0.210. The lowest BCUT2D eigenvalue weighted by atomic mass is 10.00. The average molecular weight is 1900 g/mol. The number of benzene rings is 9. The summed E-state index contributed by atoms with van der Waals surface area (Å²) in [7, 11) is 13.3. The van der Waals surface area contributed by atoms with Gasteiger partial charge < -0.3 is 87.1 Å². The van der Waals surface area contributed by atoms with Crippen molar-refractivity contribution in [3.05, 3.63) is 318 Å². The lowest BCUT2D eigenvalue weighted by Crippen LogP contribution is -2.42. The van der Waals surface area contributed by atoms with Crippen molar-refractivity contribution >= 4 is 99.3 Å². The summed E-state index contributed by atoms with van der Waals surface area (Å²) in [5.74, 6) is -3.96. The molecular weight excluding hydrogens is 1810 g/mol. The number of amides is 1. The average Bonchev–Trinajstić information content (AvgIpc) is 1.62. The van der Waals surface area contributed by atoms with Crippen LogP contribution in [-0.2, 0) is 43.5 Å². The molecule has 720 valence electrons. The highest BCUT2D eigenvalue weighted by Gasteiger charge is 2.43. The first-order valence-corrected chi connectivity index (χ1v) is 42.0. The van der Waals surface area contributed by atoms with Crippen molar-refractivity contribution in [2.75, 3.05) is 63.9 Å². The van der Waals surface area contributed by atoms with Gasteiger partial charge in [-0.2, -0.15) is 0 Å². The van der Waals surface area contributed by atoms with Crippen LogP contribution in [0.4, 0.5) is 30.7 Å². The SMILES string of the molecule is CC1=C(CC(=O)O)c2cc(F)ccc2C1.CNCc1ccco1.COc1cc(/C=C2/C(C)=C(CC(=O)N(Cc3ccco3)C(F)(F)F)c3cc(F)ccc32)cc(OC)c1O.COc1cc(/C=C2/C(C)=C(CC(=O)O)c3cc(F)ccc32)cc(OC)c1O.COc1cc(/C=C2/C(C)=C(CC(=O)O)c3cc(F)ccc32)cc(OC)c1OC(=O)c1ccccc1.COc1cc(C=O)cc(OC)c1OC(C)=O. The Kier molecular flexibility index (Phi) is 35.4. The van der Waals surface area contributed by atoms with Crippen molar-refractivity contribution in [1.29, 1.82) is 0 Å². The van der Waals surface area contributed by atoms with E-state index in [0.717, 1.165) is 74.4 Å². The summed E-state index contributed by atoms with van der Waals surface area (Å²) in [6.45, 7) is 8.48. The molecule has 138 heavy (non-hydrogen) atoms. The fourth-order valence-corrected chi connectivity index (χ4v) is 15.5. The quantitative estimate of drug-likeness (QED) is 0.00915. The third-order valence-corrected chi connectivity index (χ3v) is 22.0. The smallest absolute Gasteiger partial charge is 0.487 e. The zero-order chi connectivity index (χ0) is 101. The second-order valence-corrected chi connectivity index (χ2v) is 30.8. The number of phenolic OH excluding ortho intramolecular Hbond substituents is 2. The third kappa shape index (κ3) is 25.6. The van der Waals surface area contributed by atoms with Gasteiger partial charge in [-0.05, 0) is 310 Å². The first-order valence-electron chi connectivity index (χ1n) is 42.0. The summed E-state index contributed by atoms with van der Waals surface area (Å²) in [5.41, 5.74) is 15.3. The first-order chi connectivity index (χ1) is 65.8. The summed E-state index contributed by atoms with van der Waals surface area (Å²) < 4.78 is 159. The highest BCUT2D eigenvalue weighted by atomic mass is 19.4. The van der Waals surface area contributed by atoms with Crippen molar-refractivity contribution < 1.29 is 146 Å². The van der Waals surface area contributed by atoms with E-state index in [1.165, 1.54) is 149 Å². The third-order valence-electron chi connectivity index (χ3n) is 22.0. The molecule has 0 saturated heterocycles. The predicted octanol–water partition coefficient (Wildman–Crippen LogP) is 21.7. The molecule has 0 spiro atoms. The van der Waals surface area contributed by atoms with Crippen LogP contribution in [0.3, 0.4) is 0 Å². The fourth-order valence-electron chi connectivity index (χ4n) is 15.5. The number of alkyl halides is 3. The molecule has 0 unspecified atom stereocenters. The maximum absolute atomic E-state index is 14.2. The molecule has 2 aromatic heterocycles. The number of phenols is 2. The van der Waals surface area contributed by atoms with Crippen LogP contribution in [0, 0.1) is 23.3 Å². The molecule has 4 aliphatic rings. The predicted molar refractivity (Wildman–Crippen MR) is 501 cm³/mol. The Labute approximate surface area is 788 Å². The number of carbonyl (C=O) groups is 7. The largest absolute Gasteiger partial charge is 0.502 e. The number of carboxylic acids is 3. The molecule has 0 radical (unpaired) electrons. The molecule has 4 aliphatic carbocycles. The molecule has 11 aromatic rings. The second-order valence-electron chi connectivity index (χ2n) is 30.8. The van der Waals surface area contributed by atoms with Crippen LogP contribution in [-0.4, -0.2) is 143 Å². The normalized spacial score (nSPS) is 13.3. The van der Waals surface area contributed by atoms with Crippen LogP contribution in [0.5, 0.6) is 69.0 Å². The van der Waals surface area contributed by atoms with Crippen molar-refractivity contribution in [1.82, 2.24) is 10.2 Å². The molecule has 15 rings (SSSR count). The molecule has 0 aliphatic heterocycles. The van der Waals surface area contributed by atoms with E-state index in [-0.39, 0.29) is 110 Å². The Balaban J connectivity index is 0.000000180. The first kappa shape index (κ1) is 104. The van der Waals surface area contributed by atoms with E-state index in [9.17, 15) is 84.7 Å². The van der Waals surface area contributed by atoms with Gasteiger partial charge in [-0.25, -0.2) is 27.3 Å². The number of carboxylic acid groups (broad SMARTS) is 3. The van der Waals surface area contributed by atoms with Crippen LogP contribution in [0.15, 0.2) is 220 Å². The van der Waals surface area contributed by atoms with Gasteiger partial charge in [-0.15, -0.1) is 13.2 Å². The molecule has 2 heterocycles. The molecule has 0 bridgehead atoms. The molecule has 0 atom stereocenters. The minimum Gasteiger partial charge on any atom is -0.502 e. The lowest BCUT2D eigenvalue weighted by molar-refractivity contribution is -0.244. The van der Waals surface area contributed by atoms with E-state index in [1.54, 1.807) is 104 Å². The number of hydrogen-bond donors (Lipinski definition) is 6. The zero-order valence-electron chi connectivity index (χ0n) is 77.2. The Morgan fingerprint density at radius 3 is 1.12 bits per heavy atom. The molecule has 0 saturated carbocycles. The summed E-state index contributed by atoms with van der Waals surface area (Å²) in [4.78, 5) is 80.3. The van der Waals surface area contributed by atoms with Crippen LogP contribution >= 0.6 is 0 Å². The van der Waals surface area contributed by atoms with Gasteiger partial charge in [0.1, 0.15) is 41.1 Å². The minimum atomic E-state index is -4.94. The number of aldehydes is 1. The maximum atomic E-state index is 14.2. The van der Waals surface area contributed by atoms with Crippen LogP contribution in [0.2, 0.25) is 0 Å². The van der Waals surface area contributed by atoms with Crippen LogP contribution in [0.25, 0.3) is 57.2 Å². The number of ether oxygens (including phenoxy) is 10. The molecule has 26 nitrogen and oxygen atoms in total. The molecule has 33 heteroatoms. The number of allylic oxidation sites excluding steroid dienone is 7. The van der Waals surface area contributed by atoms with E-state index in [0.29, 0.717) is 78.6 Å². The highest BCUT2D eigenvalue weighted by molar-refractivity contribution is 6.11. The molecule has 6 N–H and O–H groups in total. The lowest BCUT2D eigenvalue weighted by Gasteiger charge is -2.24. The number of carbonyl (C=O) groups excluding carboxylic acids is 4. The Hall–Kier alpha value is -16.3. The summed E-state index contributed by atoms with van der Waals surface area (Å²) in [5, 5.41) is 50.6. The van der Waals surface area contributed by atoms with Gasteiger partial charge in [0.2, 0.25) is 28.9 Å². The topological polar surface area (TPSA) is 354 Å². The monoisotopic (exact) mass is 1900 g/mol. The second kappa shape index (κ2) is 47.0. The zero-order valence-corrected chi connectivity index (χ0v) is 77.2. The number of halogens is 7. The summed E-state index contributed by atoms with van der Waals surface area (Å²) >= 11 is 0. The van der Waals surface area contributed by atoms with E-state index < -0.39 is 72.5 Å². The Morgan fingerprint density at radius 2 is 0.768 bits per heavy atom.